The van der Waals surface area contributed by atoms with Crippen LogP contribution in [0.4, 0.5) is 0 Å². The standard InChI is InChI=1S/C14H16O2/c1-4-10-6-5-7-11-8-13(15-2)14(16-3)9-12(10)11/h1,8-10H,5-7H2,2-3H3. The van der Waals surface area contributed by atoms with Crippen molar-refractivity contribution in [2.75, 3.05) is 14.2 Å². The van der Waals surface area contributed by atoms with E-state index in [1.807, 2.05) is 6.07 Å². The third-order valence-electron chi connectivity index (χ3n) is 3.16. The molecule has 1 aromatic rings. The summed E-state index contributed by atoms with van der Waals surface area (Å²) >= 11 is 0. The second-order valence-corrected chi connectivity index (χ2v) is 4.02. The minimum atomic E-state index is 0.226. The van der Waals surface area contributed by atoms with E-state index in [1.54, 1.807) is 14.2 Å². The summed E-state index contributed by atoms with van der Waals surface area (Å²) < 4.78 is 10.6. The average molecular weight is 216 g/mol. The topological polar surface area (TPSA) is 18.5 Å². The second kappa shape index (κ2) is 4.49. The first kappa shape index (κ1) is 10.9. The molecule has 84 valence electrons. The molecule has 0 saturated carbocycles. The van der Waals surface area contributed by atoms with Crippen LogP contribution in [0.5, 0.6) is 11.5 Å². The quantitative estimate of drug-likeness (QED) is 0.708. The summed E-state index contributed by atoms with van der Waals surface area (Å²) in [6.45, 7) is 0. The van der Waals surface area contributed by atoms with E-state index in [9.17, 15) is 0 Å². The maximum absolute atomic E-state index is 5.56. The molecule has 0 bridgehead atoms. The third-order valence-corrected chi connectivity index (χ3v) is 3.16. The smallest absolute Gasteiger partial charge is 0.161 e. The molecule has 0 radical (unpaired) electrons. The first-order valence-electron chi connectivity index (χ1n) is 5.51. The zero-order valence-corrected chi connectivity index (χ0v) is 9.75. The number of fused-ring (bicyclic) bond motifs is 1. The number of ether oxygens (including phenoxy) is 2. The molecule has 0 N–H and O–H groups in total. The Morgan fingerprint density at radius 2 is 1.94 bits per heavy atom. The molecule has 2 rings (SSSR count). The maximum Gasteiger partial charge on any atom is 0.161 e. The number of rotatable bonds is 2. The SMILES string of the molecule is C#CC1CCCc2cc(OC)c(OC)cc21. The number of aryl methyl sites for hydroxylation is 1. The van der Waals surface area contributed by atoms with Gasteiger partial charge in [0.05, 0.1) is 14.2 Å². The highest BCUT2D eigenvalue weighted by atomic mass is 16.5. The molecule has 1 atom stereocenters. The average Bonchev–Trinajstić information content (AvgIpc) is 2.36. The van der Waals surface area contributed by atoms with Gasteiger partial charge < -0.3 is 9.47 Å². The van der Waals surface area contributed by atoms with Gasteiger partial charge in [-0.15, -0.1) is 6.42 Å². The van der Waals surface area contributed by atoms with Gasteiger partial charge in [-0.25, -0.2) is 0 Å². The van der Waals surface area contributed by atoms with Crippen LogP contribution in [-0.4, -0.2) is 14.2 Å². The Hall–Kier alpha value is -1.62. The Morgan fingerprint density at radius 1 is 1.25 bits per heavy atom. The zero-order valence-electron chi connectivity index (χ0n) is 9.75. The molecule has 1 aliphatic carbocycles. The van der Waals surface area contributed by atoms with Crippen LogP contribution in [0.15, 0.2) is 12.1 Å². The Balaban J connectivity index is 2.51. The molecule has 0 fully saturated rings. The van der Waals surface area contributed by atoms with Gasteiger partial charge in [-0.1, -0.05) is 5.92 Å². The van der Waals surface area contributed by atoms with E-state index < -0.39 is 0 Å². The summed E-state index contributed by atoms with van der Waals surface area (Å²) in [5, 5.41) is 0. The molecule has 0 spiro atoms. The van der Waals surface area contributed by atoms with E-state index in [4.69, 9.17) is 15.9 Å². The lowest BCUT2D eigenvalue weighted by Gasteiger charge is -2.23. The molecule has 1 unspecified atom stereocenters. The number of benzene rings is 1. The van der Waals surface area contributed by atoms with E-state index in [2.05, 4.69) is 12.0 Å². The first-order valence-corrected chi connectivity index (χ1v) is 5.51. The number of hydrogen-bond acceptors (Lipinski definition) is 2. The van der Waals surface area contributed by atoms with Gasteiger partial charge in [0, 0.05) is 5.92 Å². The molecule has 0 heterocycles. The van der Waals surface area contributed by atoms with E-state index >= 15 is 0 Å². The van der Waals surface area contributed by atoms with E-state index in [1.165, 1.54) is 11.1 Å². The van der Waals surface area contributed by atoms with Crippen molar-refractivity contribution in [1.82, 2.24) is 0 Å². The molecule has 0 amide bonds. The first-order chi connectivity index (χ1) is 7.80. The van der Waals surface area contributed by atoms with Gasteiger partial charge in [0.1, 0.15) is 0 Å². The third kappa shape index (κ3) is 1.74. The minimum Gasteiger partial charge on any atom is -0.493 e. The number of hydrogen-bond donors (Lipinski definition) is 0. The van der Waals surface area contributed by atoms with Crippen LogP contribution in [0.2, 0.25) is 0 Å². The van der Waals surface area contributed by atoms with Crippen LogP contribution in [0.3, 0.4) is 0 Å². The van der Waals surface area contributed by atoms with Crippen LogP contribution < -0.4 is 9.47 Å². The van der Waals surface area contributed by atoms with Crippen molar-refractivity contribution in [2.24, 2.45) is 0 Å². The van der Waals surface area contributed by atoms with Gasteiger partial charge in [0.15, 0.2) is 11.5 Å². The summed E-state index contributed by atoms with van der Waals surface area (Å²) in [5.41, 5.74) is 2.53. The fourth-order valence-electron chi connectivity index (χ4n) is 2.30. The molecule has 16 heavy (non-hydrogen) atoms. The monoisotopic (exact) mass is 216 g/mol. The summed E-state index contributed by atoms with van der Waals surface area (Å²) in [6, 6.07) is 4.08. The van der Waals surface area contributed by atoms with Crippen molar-refractivity contribution in [3.05, 3.63) is 23.3 Å². The Labute approximate surface area is 96.6 Å². The van der Waals surface area contributed by atoms with E-state index in [-0.39, 0.29) is 5.92 Å². The van der Waals surface area contributed by atoms with E-state index in [0.717, 1.165) is 30.8 Å². The predicted molar refractivity (Wildman–Crippen MR) is 64.1 cm³/mol. The maximum atomic E-state index is 5.56. The summed E-state index contributed by atoms with van der Waals surface area (Å²) in [5.74, 6) is 4.64. The Morgan fingerprint density at radius 3 is 2.56 bits per heavy atom. The largest absolute Gasteiger partial charge is 0.493 e. The van der Waals surface area contributed by atoms with Crippen LogP contribution in [-0.2, 0) is 6.42 Å². The van der Waals surface area contributed by atoms with Crippen molar-refractivity contribution < 1.29 is 9.47 Å². The molecule has 0 saturated heterocycles. The van der Waals surface area contributed by atoms with Gasteiger partial charge in [0.2, 0.25) is 0 Å². The van der Waals surface area contributed by atoms with Crippen LogP contribution in [0, 0.1) is 12.3 Å². The molecule has 0 aromatic heterocycles. The van der Waals surface area contributed by atoms with Crippen LogP contribution in [0.1, 0.15) is 29.9 Å². The van der Waals surface area contributed by atoms with Crippen molar-refractivity contribution in [3.8, 4) is 23.8 Å². The van der Waals surface area contributed by atoms with E-state index in [0.29, 0.717) is 0 Å². The van der Waals surface area contributed by atoms with Crippen LogP contribution in [0.25, 0.3) is 0 Å². The molecule has 1 aromatic carbocycles. The fraction of sp³-hybridized carbons (Fsp3) is 0.429. The fourth-order valence-corrected chi connectivity index (χ4v) is 2.30. The van der Waals surface area contributed by atoms with Crippen LogP contribution >= 0.6 is 0 Å². The normalized spacial score (nSPS) is 18.4. The highest BCUT2D eigenvalue weighted by Crippen LogP contribution is 2.38. The minimum absolute atomic E-state index is 0.226. The van der Waals surface area contributed by atoms with Crippen molar-refractivity contribution in [3.63, 3.8) is 0 Å². The summed E-state index contributed by atoms with van der Waals surface area (Å²) in [6.07, 6.45) is 8.85. The predicted octanol–water partition coefficient (Wildman–Crippen LogP) is 2.76. The Bertz CT molecular complexity index is 429. The molecular formula is C14H16O2. The van der Waals surface area contributed by atoms with Crippen molar-refractivity contribution in [1.29, 1.82) is 0 Å². The lowest BCUT2D eigenvalue weighted by Crippen LogP contribution is -2.09. The molecule has 2 nitrogen and oxygen atoms in total. The van der Waals surface area contributed by atoms with Gasteiger partial charge in [-0.2, -0.15) is 0 Å². The van der Waals surface area contributed by atoms with Gasteiger partial charge in [0.25, 0.3) is 0 Å². The number of methoxy groups -OCH3 is 2. The Kier molecular flexibility index (Phi) is 3.05. The molecular weight excluding hydrogens is 200 g/mol. The summed E-state index contributed by atoms with van der Waals surface area (Å²) in [7, 11) is 3.31. The van der Waals surface area contributed by atoms with Crippen molar-refractivity contribution in [2.45, 2.75) is 25.2 Å². The van der Waals surface area contributed by atoms with Gasteiger partial charge >= 0.3 is 0 Å². The summed E-state index contributed by atoms with van der Waals surface area (Å²) in [4.78, 5) is 0. The van der Waals surface area contributed by atoms with Gasteiger partial charge in [-0.3, -0.25) is 0 Å². The van der Waals surface area contributed by atoms with Gasteiger partial charge in [-0.05, 0) is 42.5 Å². The molecule has 2 heteroatoms. The lowest BCUT2D eigenvalue weighted by atomic mass is 9.83. The molecule has 1 aliphatic rings. The number of terminal acetylenes is 1. The molecule has 0 aliphatic heterocycles. The lowest BCUT2D eigenvalue weighted by molar-refractivity contribution is 0.353. The highest BCUT2D eigenvalue weighted by molar-refractivity contribution is 5.50. The second-order valence-electron chi connectivity index (χ2n) is 4.02. The van der Waals surface area contributed by atoms with Crippen molar-refractivity contribution >= 4 is 0 Å². The zero-order chi connectivity index (χ0) is 11.5. The highest BCUT2D eigenvalue weighted by Gasteiger charge is 2.21.